The third kappa shape index (κ3) is 3.83. The van der Waals surface area contributed by atoms with Gasteiger partial charge in [0.05, 0.1) is 17.2 Å². The van der Waals surface area contributed by atoms with Crippen LogP contribution in [0.25, 0.3) is 0 Å². The lowest BCUT2D eigenvalue weighted by atomic mass is 9.97. The molecule has 1 aliphatic heterocycles. The van der Waals surface area contributed by atoms with Crippen molar-refractivity contribution in [2.75, 3.05) is 11.9 Å². The highest BCUT2D eigenvalue weighted by molar-refractivity contribution is 5.96. The fourth-order valence-corrected chi connectivity index (χ4v) is 2.73. The predicted molar refractivity (Wildman–Crippen MR) is 94.5 cm³/mol. The quantitative estimate of drug-likeness (QED) is 0.857. The summed E-state index contributed by atoms with van der Waals surface area (Å²) in [6, 6.07) is 16.2. The number of hydrogen-bond acceptors (Lipinski definition) is 5. The van der Waals surface area contributed by atoms with Crippen LogP contribution in [-0.4, -0.2) is 24.6 Å². The van der Waals surface area contributed by atoms with Crippen LogP contribution in [0.1, 0.15) is 18.1 Å². The van der Waals surface area contributed by atoms with E-state index in [1.54, 1.807) is 24.3 Å². The minimum absolute atomic E-state index is 0.224. The van der Waals surface area contributed by atoms with Gasteiger partial charge in [-0.1, -0.05) is 30.3 Å². The highest BCUT2D eigenvalue weighted by Gasteiger charge is 2.29. The van der Waals surface area contributed by atoms with Crippen LogP contribution in [0.3, 0.4) is 0 Å². The van der Waals surface area contributed by atoms with Gasteiger partial charge >= 0.3 is 5.97 Å². The molecule has 2 aromatic rings. The number of para-hydroxylation sites is 2. The molecular weight excluding hydrogens is 332 g/mol. The molecular formula is C20H18N2O4. The molecule has 1 aliphatic rings. The van der Waals surface area contributed by atoms with E-state index in [2.05, 4.69) is 5.32 Å². The number of benzene rings is 2. The van der Waals surface area contributed by atoms with Gasteiger partial charge in [0.2, 0.25) is 0 Å². The van der Waals surface area contributed by atoms with Crippen molar-refractivity contribution in [2.45, 2.75) is 19.4 Å². The first-order valence-corrected chi connectivity index (χ1v) is 8.29. The van der Waals surface area contributed by atoms with Crippen LogP contribution in [0, 0.1) is 17.2 Å². The lowest BCUT2D eigenvalue weighted by Crippen LogP contribution is -2.36. The van der Waals surface area contributed by atoms with Crippen molar-refractivity contribution >= 4 is 17.6 Å². The second-order valence-corrected chi connectivity index (χ2v) is 6.05. The van der Waals surface area contributed by atoms with Crippen molar-refractivity contribution in [3.63, 3.8) is 0 Å². The van der Waals surface area contributed by atoms with Crippen molar-refractivity contribution in [3.05, 3.63) is 59.7 Å². The smallest absolute Gasteiger partial charge is 0.313 e. The van der Waals surface area contributed by atoms with E-state index in [1.165, 1.54) is 6.92 Å². The summed E-state index contributed by atoms with van der Waals surface area (Å²) < 4.78 is 10.9. The molecule has 26 heavy (non-hydrogen) atoms. The molecule has 2 atom stereocenters. The van der Waals surface area contributed by atoms with Gasteiger partial charge in [-0.15, -0.1) is 0 Å². The largest absolute Gasteiger partial charge is 0.492 e. The Hall–Kier alpha value is -3.33. The number of esters is 1. The second kappa shape index (κ2) is 7.70. The molecule has 0 unspecified atom stereocenters. The summed E-state index contributed by atoms with van der Waals surface area (Å²) in [6.45, 7) is 1.72. The molecule has 0 fully saturated rings. The second-order valence-electron chi connectivity index (χ2n) is 6.05. The molecule has 1 heterocycles. The highest BCUT2D eigenvalue weighted by atomic mass is 16.6. The summed E-state index contributed by atoms with van der Waals surface area (Å²) >= 11 is 0. The first-order chi connectivity index (χ1) is 12.6. The molecule has 6 heteroatoms. The van der Waals surface area contributed by atoms with Gasteiger partial charge in [-0.3, -0.25) is 9.59 Å². The molecule has 0 saturated carbocycles. The van der Waals surface area contributed by atoms with Crippen LogP contribution < -0.4 is 10.1 Å². The number of rotatable bonds is 4. The fraction of sp³-hybridized carbons (Fsp3) is 0.250. The normalized spacial score (nSPS) is 16.4. The summed E-state index contributed by atoms with van der Waals surface area (Å²) in [5.41, 5.74) is 1.68. The van der Waals surface area contributed by atoms with Gasteiger partial charge in [0.15, 0.2) is 6.10 Å². The van der Waals surface area contributed by atoms with E-state index in [4.69, 9.17) is 14.7 Å². The molecule has 1 amide bonds. The number of nitrogens with one attached hydrogen (secondary N) is 1. The lowest BCUT2D eigenvalue weighted by Gasteiger charge is -2.25. The van der Waals surface area contributed by atoms with Crippen LogP contribution in [0.5, 0.6) is 5.75 Å². The Kier molecular flexibility index (Phi) is 5.18. The van der Waals surface area contributed by atoms with Gasteiger partial charge in [-0.25, -0.2) is 0 Å². The monoisotopic (exact) mass is 350 g/mol. The maximum atomic E-state index is 12.4. The number of nitriles is 1. The van der Waals surface area contributed by atoms with E-state index in [9.17, 15) is 9.59 Å². The van der Waals surface area contributed by atoms with Crippen LogP contribution in [0.4, 0.5) is 5.69 Å². The van der Waals surface area contributed by atoms with Crippen LogP contribution in [0.15, 0.2) is 48.5 Å². The Morgan fingerprint density at radius 2 is 1.96 bits per heavy atom. The average Bonchev–Trinajstić information content (AvgIpc) is 2.67. The van der Waals surface area contributed by atoms with E-state index in [0.29, 0.717) is 17.7 Å². The van der Waals surface area contributed by atoms with Gasteiger partial charge in [0, 0.05) is 0 Å². The highest BCUT2D eigenvalue weighted by Crippen LogP contribution is 2.27. The molecule has 0 aliphatic carbocycles. The van der Waals surface area contributed by atoms with Crippen LogP contribution in [0.2, 0.25) is 0 Å². The molecule has 0 spiro atoms. The van der Waals surface area contributed by atoms with Crippen molar-refractivity contribution in [2.24, 2.45) is 5.92 Å². The third-order valence-corrected chi connectivity index (χ3v) is 4.18. The van der Waals surface area contributed by atoms with Gasteiger partial charge in [-0.05, 0) is 37.1 Å². The van der Waals surface area contributed by atoms with Crippen molar-refractivity contribution < 1.29 is 19.1 Å². The first-order valence-electron chi connectivity index (χ1n) is 8.29. The van der Waals surface area contributed by atoms with Gasteiger partial charge in [-0.2, -0.15) is 5.26 Å². The number of hydrogen-bond donors (Lipinski definition) is 1. The third-order valence-electron chi connectivity index (χ3n) is 4.18. The van der Waals surface area contributed by atoms with Gasteiger partial charge < -0.3 is 14.8 Å². The SMILES string of the molecule is C[C@H](OC(=O)[C@@H]1COc2ccccc2C1)C(=O)Nc1ccccc1C#N. The zero-order valence-corrected chi connectivity index (χ0v) is 14.3. The Labute approximate surface area is 151 Å². The summed E-state index contributed by atoms with van der Waals surface area (Å²) in [4.78, 5) is 24.6. The molecule has 6 nitrogen and oxygen atoms in total. The maximum Gasteiger partial charge on any atom is 0.313 e. The summed E-state index contributed by atoms with van der Waals surface area (Å²) in [5.74, 6) is -0.643. The molecule has 0 radical (unpaired) electrons. The van der Waals surface area contributed by atoms with E-state index in [-0.39, 0.29) is 6.61 Å². The summed E-state index contributed by atoms with van der Waals surface area (Å²) in [5, 5.41) is 11.7. The van der Waals surface area contributed by atoms with E-state index in [0.717, 1.165) is 11.3 Å². The van der Waals surface area contributed by atoms with Crippen molar-refractivity contribution in [3.8, 4) is 11.8 Å². The van der Waals surface area contributed by atoms with E-state index >= 15 is 0 Å². The molecule has 2 aromatic carbocycles. The van der Waals surface area contributed by atoms with E-state index in [1.807, 2.05) is 30.3 Å². The average molecular weight is 350 g/mol. The predicted octanol–water partition coefficient (Wildman–Crippen LogP) is 2.68. The van der Waals surface area contributed by atoms with Crippen molar-refractivity contribution in [1.82, 2.24) is 0 Å². The molecule has 0 aromatic heterocycles. The zero-order chi connectivity index (χ0) is 18.5. The number of amides is 1. The van der Waals surface area contributed by atoms with Gasteiger partial charge in [0.25, 0.3) is 5.91 Å². The number of carbonyl (C=O) groups is 2. The number of ether oxygens (including phenoxy) is 2. The Morgan fingerprint density at radius 1 is 1.23 bits per heavy atom. The molecule has 0 saturated heterocycles. The number of nitrogens with zero attached hydrogens (tertiary/aromatic N) is 1. The maximum absolute atomic E-state index is 12.4. The summed E-state index contributed by atoms with van der Waals surface area (Å²) in [7, 11) is 0. The minimum atomic E-state index is -0.980. The molecule has 3 rings (SSSR count). The summed E-state index contributed by atoms with van der Waals surface area (Å²) in [6.07, 6.45) is -0.466. The Balaban J connectivity index is 1.59. The standard InChI is InChI=1S/C20H18N2O4/c1-13(19(23)22-17-8-4-2-7-15(17)11-21)26-20(24)16-10-14-6-3-5-9-18(14)25-12-16/h2-9,13,16H,10,12H2,1H3,(H,22,23)/t13-,16-/m0/s1. The van der Waals surface area contributed by atoms with Crippen LogP contribution >= 0.6 is 0 Å². The van der Waals surface area contributed by atoms with E-state index < -0.39 is 23.9 Å². The lowest BCUT2D eigenvalue weighted by molar-refractivity contribution is -0.158. The zero-order valence-electron chi connectivity index (χ0n) is 14.3. The number of carbonyl (C=O) groups excluding carboxylic acids is 2. The minimum Gasteiger partial charge on any atom is -0.492 e. The van der Waals surface area contributed by atoms with Crippen LogP contribution in [-0.2, 0) is 20.7 Å². The molecule has 0 bridgehead atoms. The Morgan fingerprint density at radius 3 is 2.77 bits per heavy atom. The first kappa shape index (κ1) is 17.5. The Bertz CT molecular complexity index is 872. The fourth-order valence-electron chi connectivity index (χ4n) is 2.73. The number of anilines is 1. The molecule has 1 N–H and O–H groups in total. The molecule has 132 valence electrons. The topological polar surface area (TPSA) is 88.4 Å². The number of fused-ring (bicyclic) bond motifs is 1. The van der Waals surface area contributed by atoms with Crippen molar-refractivity contribution in [1.29, 1.82) is 5.26 Å². The van der Waals surface area contributed by atoms with Gasteiger partial charge in [0.1, 0.15) is 18.4 Å².